The van der Waals surface area contributed by atoms with E-state index >= 15 is 0 Å². The van der Waals surface area contributed by atoms with Gasteiger partial charge < -0.3 is 10.6 Å². The maximum Gasteiger partial charge on any atom is 0.0400 e. The van der Waals surface area contributed by atoms with Gasteiger partial charge in [-0.05, 0) is 49.4 Å². The van der Waals surface area contributed by atoms with Crippen LogP contribution in [0.1, 0.15) is 45.6 Å². The second-order valence-corrected chi connectivity index (χ2v) is 6.14. The van der Waals surface area contributed by atoms with Crippen LogP contribution in [0.3, 0.4) is 0 Å². The Morgan fingerprint density at radius 2 is 1.79 bits per heavy atom. The van der Waals surface area contributed by atoms with E-state index in [1.807, 2.05) is 0 Å². The van der Waals surface area contributed by atoms with Crippen molar-refractivity contribution in [1.29, 1.82) is 0 Å². The highest BCUT2D eigenvalue weighted by molar-refractivity contribution is 9.10. The van der Waals surface area contributed by atoms with Crippen molar-refractivity contribution in [1.82, 2.24) is 0 Å². The molecule has 2 N–H and O–H groups in total. The smallest absolute Gasteiger partial charge is 0.0400 e. The first kappa shape index (κ1) is 16.5. The lowest BCUT2D eigenvalue weighted by Gasteiger charge is -2.31. The molecule has 0 radical (unpaired) electrons. The largest absolute Gasteiger partial charge is 0.371 e. The summed E-state index contributed by atoms with van der Waals surface area (Å²) in [5, 5.41) is 0. The Morgan fingerprint density at radius 3 is 2.32 bits per heavy atom. The van der Waals surface area contributed by atoms with Gasteiger partial charge in [0.2, 0.25) is 0 Å². The van der Waals surface area contributed by atoms with Gasteiger partial charge in [0.05, 0.1) is 0 Å². The molecule has 0 aliphatic heterocycles. The van der Waals surface area contributed by atoms with E-state index in [1.54, 1.807) is 0 Å². The fourth-order valence-electron chi connectivity index (χ4n) is 2.52. The van der Waals surface area contributed by atoms with Crippen LogP contribution in [0.15, 0.2) is 22.7 Å². The van der Waals surface area contributed by atoms with Gasteiger partial charge in [0.1, 0.15) is 0 Å². The average molecular weight is 327 g/mol. The Labute approximate surface area is 126 Å². The molecular formula is C16H27BrN2. The van der Waals surface area contributed by atoms with Gasteiger partial charge in [0.25, 0.3) is 0 Å². The van der Waals surface area contributed by atoms with Gasteiger partial charge in [-0.15, -0.1) is 0 Å². The number of halogens is 1. The van der Waals surface area contributed by atoms with Gasteiger partial charge >= 0.3 is 0 Å². The molecule has 1 aromatic rings. The minimum atomic E-state index is 0.239. The standard InChI is InChI=1S/C16H27BrN2/c1-5-14(18)11-12-10-13(17)8-9-16(12)19(4)15(6-2)7-3/h8-10,14-15H,5-7,11,18H2,1-4H3. The van der Waals surface area contributed by atoms with Gasteiger partial charge in [-0.2, -0.15) is 0 Å². The zero-order valence-corrected chi connectivity index (χ0v) is 14.2. The summed E-state index contributed by atoms with van der Waals surface area (Å²) in [5.74, 6) is 0. The van der Waals surface area contributed by atoms with E-state index in [-0.39, 0.29) is 6.04 Å². The van der Waals surface area contributed by atoms with Crippen LogP contribution in [-0.2, 0) is 6.42 Å². The topological polar surface area (TPSA) is 29.3 Å². The first-order valence-corrected chi connectivity index (χ1v) is 8.09. The number of nitrogens with zero attached hydrogens (tertiary/aromatic N) is 1. The fourth-order valence-corrected chi connectivity index (χ4v) is 2.93. The monoisotopic (exact) mass is 326 g/mol. The highest BCUT2D eigenvalue weighted by Gasteiger charge is 2.16. The third-order valence-electron chi connectivity index (χ3n) is 3.92. The first-order chi connectivity index (χ1) is 9.03. The van der Waals surface area contributed by atoms with E-state index in [0.29, 0.717) is 6.04 Å². The van der Waals surface area contributed by atoms with Crippen LogP contribution in [0.25, 0.3) is 0 Å². The van der Waals surface area contributed by atoms with Crippen LogP contribution in [0.5, 0.6) is 0 Å². The number of rotatable bonds is 7. The van der Waals surface area contributed by atoms with E-state index in [4.69, 9.17) is 5.73 Å². The molecule has 1 aromatic carbocycles. The molecule has 1 unspecified atom stereocenters. The Morgan fingerprint density at radius 1 is 1.16 bits per heavy atom. The predicted octanol–water partition coefficient (Wildman–Crippen LogP) is 4.35. The summed E-state index contributed by atoms with van der Waals surface area (Å²) >= 11 is 3.57. The molecule has 108 valence electrons. The van der Waals surface area contributed by atoms with Crippen LogP contribution < -0.4 is 10.6 Å². The second-order valence-electron chi connectivity index (χ2n) is 5.23. The van der Waals surface area contributed by atoms with Crippen molar-refractivity contribution in [2.45, 2.75) is 58.5 Å². The Kier molecular flexibility index (Phi) is 6.87. The lowest BCUT2D eigenvalue weighted by atomic mass is 10.0. The minimum Gasteiger partial charge on any atom is -0.371 e. The van der Waals surface area contributed by atoms with Crippen LogP contribution in [0.4, 0.5) is 5.69 Å². The molecule has 0 amide bonds. The average Bonchev–Trinajstić information content (AvgIpc) is 2.40. The van der Waals surface area contributed by atoms with Crippen molar-refractivity contribution in [2.75, 3.05) is 11.9 Å². The number of anilines is 1. The van der Waals surface area contributed by atoms with Crippen molar-refractivity contribution < 1.29 is 0 Å². The summed E-state index contributed by atoms with van der Waals surface area (Å²) in [6.07, 6.45) is 4.29. The molecule has 1 atom stereocenters. The summed E-state index contributed by atoms with van der Waals surface area (Å²) < 4.78 is 1.13. The maximum absolute atomic E-state index is 6.13. The molecule has 1 rings (SSSR count). The van der Waals surface area contributed by atoms with Crippen molar-refractivity contribution >= 4 is 21.6 Å². The quantitative estimate of drug-likeness (QED) is 0.806. The van der Waals surface area contributed by atoms with Crippen LogP contribution in [-0.4, -0.2) is 19.1 Å². The lowest BCUT2D eigenvalue weighted by Crippen LogP contribution is -2.32. The summed E-state index contributed by atoms with van der Waals surface area (Å²) in [6.45, 7) is 6.65. The molecular weight excluding hydrogens is 300 g/mol. The van der Waals surface area contributed by atoms with E-state index in [1.165, 1.54) is 24.1 Å². The molecule has 19 heavy (non-hydrogen) atoms. The Balaban J connectivity index is 3.04. The molecule has 0 spiro atoms. The number of nitrogens with two attached hydrogens (primary N) is 1. The van der Waals surface area contributed by atoms with Crippen molar-refractivity contribution in [2.24, 2.45) is 5.73 Å². The van der Waals surface area contributed by atoms with Gasteiger partial charge in [0.15, 0.2) is 0 Å². The maximum atomic E-state index is 6.13. The SMILES string of the molecule is CCC(N)Cc1cc(Br)ccc1N(C)C(CC)CC. The number of hydrogen-bond acceptors (Lipinski definition) is 2. The molecule has 0 fully saturated rings. The number of benzene rings is 1. The zero-order valence-electron chi connectivity index (χ0n) is 12.6. The van der Waals surface area contributed by atoms with E-state index in [0.717, 1.165) is 17.3 Å². The van der Waals surface area contributed by atoms with Gasteiger partial charge in [0, 0.05) is 29.3 Å². The minimum absolute atomic E-state index is 0.239. The molecule has 0 bridgehead atoms. The third-order valence-corrected chi connectivity index (χ3v) is 4.41. The van der Waals surface area contributed by atoms with Crippen molar-refractivity contribution in [3.63, 3.8) is 0 Å². The fraction of sp³-hybridized carbons (Fsp3) is 0.625. The highest BCUT2D eigenvalue weighted by atomic mass is 79.9. The molecule has 0 aliphatic rings. The molecule has 0 aliphatic carbocycles. The van der Waals surface area contributed by atoms with Gasteiger partial charge in [-0.3, -0.25) is 0 Å². The molecule has 3 heteroatoms. The highest BCUT2D eigenvalue weighted by Crippen LogP contribution is 2.27. The zero-order chi connectivity index (χ0) is 14.4. The Hall–Kier alpha value is -0.540. The molecule has 2 nitrogen and oxygen atoms in total. The third kappa shape index (κ3) is 4.50. The number of hydrogen-bond donors (Lipinski definition) is 1. The van der Waals surface area contributed by atoms with Crippen molar-refractivity contribution in [3.05, 3.63) is 28.2 Å². The second kappa shape index (κ2) is 7.91. The molecule has 0 saturated heterocycles. The summed E-state index contributed by atoms with van der Waals surface area (Å²) in [7, 11) is 2.20. The van der Waals surface area contributed by atoms with E-state index < -0.39 is 0 Å². The first-order valence-electron chi connectivity index (χ1n) is 7.30. The van der Waals surface area contributed by atoms with Crippen LogP contribution in [0, 0.1) is 0 Å². The Bertz CT molecular complexity index is 388. The van der Waals surface area contributed by atoms with Crippen molar-refractivity contribution in [3.8, 4) is 0 Å². The van der Waals surface area contributed by atoms with Gasteiger partial charge in [-0.1, -0.05) is 36.7 Å². The summed E-state index contributed by atoms with van der Waals surface area (Å²) in [5.41, 5.74) is 8.80. The molecule has 0 heterocycles. The summed E-state index contributed by atoms with van der Waals surface area (Å²) in [4.78, 5) is 2.41. The normalized spacial score (nSPS) is 12.8. The molecule has 0 saturated carbocycles. The van der Waals surface area contributed by atoms with Crippen LogP contribution in [0.2, 0.25) is 0 Å². The van der Waals surface area contributed by atoms with Crippen LogP contribution >= 0.6 is 15.9 Å². The van der Waals surface area contributed by atoms with E-state index in [2.05, 4.69) is 66.8 Å². The molecule has 0 aromatic heterocycles. The lowest BCUT2D eigenvalue weighted by molar-refractivity contribution is 0.586. The predicted molar refractivity (Wildman–Crippen MR) is 88.9 cm³/mol. The van der Waals surface area contributed by atoms with E-state index in [9.17, 15) is 0 Å². The summed E-state index contributed by atoms with van der Waals surface area (Å²) in [6, 6.07) is 7.37. The van der Waals surface area contributed by atoms with Gasteiger partial charge in [-0.25, -0.2) is 0 Å².